The molecule has 2 fully saturated rings. The van der Waals surface area contributed by atoms with Crippen LogP contribution in [0.5, 0.6) is 0 Å². The Labute approximate surface area is 111 Å². The van der Waals surface area contributed by atoms with Crippen molar-refractivity contribution in [3.63, 3.8) is 0 Å². The first-order chi connectivity index (χ1) is 8.48. The maximum Gasteiger partial charge on any atom is 0.237 e. The molecule has 3 nitrogen and oxygen atoms in total. The predicted molar refractivity (Wildman–Crippen MR) is 74.4 cm³/mol. The lowest BCUT2D eigenvalue weighted by Gasteiger charge is -2.41. The summed E-state index contributed by atoms with van der Waals surface area (Å²) >= 11 is 0. The lowest BCUT2D eigenvalue weighted by molar-refractivity contribution is -0.124. The highest BCUT2D eigenvalue weighted by Crippen LogP contribution is 2.38. The second kappa shape index (κ2) is 5.60. The Balaban J connectivity index is 1.94. The third-order valence-corrected chi connectivity index (χ3v) is 4.58. The van der Waals surface area contributed by atoms with Gasteiger partial charge in [-0.2, -0.15) is 0 Å². The van der Waals surface area contributed by atoms with Crippen LogP contribution in [0.25, 0.3) is 0 Å². The predicted octanol–water partition coefficient (Wildman–Crippen LogP) is 2.46. The van der Waals surface area contributed by atoms with Gasteiger partial charge in [0, 0.05) is 6.04 Å². The van der Waals surface area contributed by atoms with E-state index in [0.29, 0.717) is 17.4 Å². The van der Waals surface area contributed by atoms with Crippen LogP contribution >= 0.6 is 0 Å². The molecule has 104 valence electrons. The molecule has 2 aliphatic rings. The second-order valence-corrected chi connectivity index (χ2v) is 7.02. The number of hydrogen-bond donors (Lipinski definition) is 2. The SMILES string of the molecule is CC(C)(C)C1CCCCC1NC(=O)C1CCCN1. The zero-order chi connectivity index (χ0) is 13.2. The van der Waals surface area contributed by atoms with Crippen LogP contribution in [0.2, 0.25) is 0 Å². The fraction of sp³-hybridized carbons (Fsp3) is 0.933. The number of hydrogen-bond acceptors (Lipinski definition) is 2. The van der Waals surface area contributed by atoms with Crippen LogP contribution in [-0.2, 0) is 4.79 Å². The number of amides is 1. The Kier molecular flexibility index (Phi) is 4.31. The Bertz CT molecular complexity index is 289. The van der Waals surface area contributed by atoms with Crippen molar-refractivity contribution in [2.75, 3.05) is 6.54 Å². The molecule has 3 unspecified atom stereocenters. The third-order valence-electron chi connectivity index (χ3n) is 4.58. The maximum atomic E-state index is 12.2. The fourth-order valence-electron chi connectivity index (χ4n) is 3.53. The van der Waals surface area contributed by atoms with Crippen molar-refractivity contribution in [2.45, 2.75) is 71.4 Å². The second-order valence-electron chi connectivity index (χ2n) is 7.02. The van der Waals surface area contributed by atoms with Gasteiger partial charge < -0.3 is 10.6 Å². The fourth-order valence-corrected chi connectivity index (χ4v) is 3.53. The summed E-state index contributed by atoms with van der Waals surface area (Å²) in [7, 11) is 0. The van der Waals surface area contributed by atoms with E-state index in [4.69, 9.17) is 0 Å². The molecule has 1 saturated carbocycles. The third kappa shape index (κ3) is 3.25. The molecule has 1 aliphatic heterocycles. The number of nitrogens with one attached hydrogen (secondary N) is 2. The van der Waals surface area contributed by atoms with Gasteiger partial charge in [-0.25, -0.2) is 0 Å². The van der Waals surface area contributed by atoms with Gasteiger partial charge in [0.25, 0.3) is 0 Å². The van der Waals surface area contributed by atoms with Gasteiger partial charge in [0.2, 0.25) is 5.91 Å². The first-order valence-electron chi connectivity index (χ1n) is 7.52. The van der Waals surface area contributed by atoms with Gasteiger partial charge in [-0.1, -0.05) is 33.6 Å². The zero-order valence-corrected chi connectivity index (χ0v) is 12.1. The molecule has 0 spiro atoms. The molecule has 3 heteroatoms. The highest BCUT2D eigenvalue weighted by molar-refractivity contribution is 5.82. The van der Waals surface area contributed by atoms with Crippen LogP contribution in [0.4, 0.5) is 0 Å². The normalized spacial score (nSPS) is 33.4. The van der Waals surface area contributed by atoms with E-state index in [0.717, 1.165) is 25.8 Å². The standard InChI is InChI=1S/C15H28N2O/c1-15(2,3)11-7-4-5-8-12(11)17-14(18)13-9-6-10-16-13/h11-13,16H,4-10H2,1-3H3,(H,17,18). The molecule has 0 aromatic heterocycles. The number of rotatable bonds is 2. The van der Waals surface area contributed by atoms with Gasteiger partial charge in [0.15, 0.2) is 0 Å². The summed E-state index contributed by atoms with van der Waals surface area (Å²) in [6.45, 7) is 7.90. The van der Waals surface area contributed by atoms with E-state index in [2.05, 4.69) is 31.4 Å². The average molecular weight is 252 g/mol. The summed E-state index contributed by atoms with van der Waals surface area (Å²) < 4.78 is 0. The van der Waals surface area contributed by atoms with E-state index >= 15 is 0 Å². The molecule has 1 aliphatic carbocycles. The van der Waals surface area contributed by atoms with Crippen LogP contribution in [0.1, 0.15) is 59.3 Å². The molecule has 2 N–H and O–H groups in total. The van der Waals surface area contributed by atoms with Crippen molar-refractivity contribution in [3.05, 3.63) is 0 Å². The lowest BCUT2D eigenvalue weighted by atomic mass is 9.69. The molecule has 1 heterocycles. The van der Waals surface area contributed by atoms with Crippen LogP contribution in [0.3, 0.4) is 0 Å². The average Bonchev–Trinajstić information content (AvgIpc) is 2.81. The molecule has 2 rings (SSSR count). The molecule has 1 saturated heterocycles. The van der Waals surface area contributed by atoms with Gasteiger partial charge >= 0.3 is 0 Å². The van der Waals surface area contributed by atoms with Crippen molar-refractivity contribution in [2.24, 2.45) is 11.3 Å². The molecular weight excluding hydrogens is 224 g/mol. The van der Waals surface area contributed by atoms with Crippen molar-refractivity contribution < 1.29 is 4.79 Å². The van der Waals surface area contributed by atoms with Crippen molar-refractivity contribution in [1.29, 1.82) is 0 Å². The van der Waals surface area contributed by atoms with E-state index in [1.807, 2.05) is 0 Å². The van der Waals surface area contributed by atoms with Gasteiger partial charge in [-0.05, 0) is 43.6 Å². The molecule has 3 atom stereocenters. The van der Waals surface area contributed by atoms with Crippen LogP contribution in [-0.4, -0.2) is 24.5 Å². The molecule has 0 radical (unpaired) electrons. The van der Waals surface area contributed by atoms with E-state index in [1.165, 1.54) is 19.3 Å². The van der Waals surface area contributed by atoms with E-state index in [9.17, 15) is 4.79 Å². The quantitative estimate of drug-likeness (QED) is 0.792. The zero-order valence-electron chi connectivity index (χ0n) is 12.1. The topological polar surface area (TPSA) is 41.1 Å². The minimum Gasteiger partial charge on any atom is -0.352 e. The van der Waals surface area contributed by atoms with Crippen molar-refractivity contribution in [1.82, 2.24) is 10.6 Å². The van der Waals surface area contributed by atoms with E-state index in [1.54, 1.807) is 0 Å². The number of carbonyl (C=O) groups is 1. The molecule has 18 heavy (non-hydrogen) atoms. The first kappa shape index (κ1) is 13.9. The molecule has 0 aromatic carbocycles. The number of carbonyl (C=O) groups excluding carboxylic acids is 1. The summed E-state index contributed by atoms with van der Waals surface area (Å²) in [5.41, 5.74) is 0.293. The summed E-state index contributed by atoms with van der Waals surface area (Å²) in [5, 5.41) is 6.60. The van der Waals surface area contributed by atoms with Crippen LogP contribution in [0, 0.1) is 11.3 Å². The molecule has 0 bridgehead atoms. The largest absolute Gasteiger partial charge is 0.352 e. The monoisotopic (exact) mass is 252 g/mol. The Hall–Kier alpha value is -0.570. The van der Waals surface area contributed by atoms with Gasteiger partial charge in [-0.3, -0.25) is 4.79 Å². The van der Waals surface area contributed by atoms with E-state index < -0.39 is 0 Å². The van der Waals surface area contributed by atoms with Crippen molar-refractivity contribution in [3.8, 4) is 0 Å². The van der Waals surface area contributed by atoms with Crippen molar-refractivity contribution >= 4 is 5.91 Å². The van der Waals surface area contributed by atoms with Crippen LogP contribution < -0.4 is 10.6 Å². The van der Waals surface area contributed by atoms with Crippen LogP contribution in [0.15, 0.2) is 0 Å². The molecular formula is C15H28N2O. The Morgan fingerprint density at radius 2 is 1.83 bits per heavy atom. The van der Waals surface area contributed by atoms with Gasteiger partial charge in [-0.15, -0.1) is 0 Å². The lowest BCUT2D eigenvalue weighted by Crippen LogP contribution is -2.51. The van der Waals surface area contributed by atoms with Gasteiger partial charge in [0.05, 0.1) is 6.04 Å². The first-order valence-corrected chi connectivity index (χ1v) is 7.52. The summed E-state index contributed by atoms with van der Waals surface area (Å²) in [6.07, 6.45) is 7.11. The summed E-state index contributed by atoms with van der Waals surface area (Å²) in [6, 6.07) is 0.446. The maximum absolute atomic E-state index is 12.2. The highest BCUT2D eigenvalue weighted by atomic mass is 16.2. The molecule has 1 amide bonds. The minimum absolute atomic E-state index is 0.0625. The highest BCUT2D eigenvalue weighted by Gasteiger charge is 2.36. The minimum atomic E-state index is 0.0625. The van der Waals surface area contributed by atoms with Gasteiger partial charge in [0.1, 0.15) is 0 Å². The van der Waals surface area contributed by atoms with E-state index in [-0.39, 0.29) is 11.9 Å². The Morgan fingerprint density at radius 1 is 1.11 bits per heavy atom. The molecule has 0 aromatic rings. The summed E-state index contributed by atoms with van der Waals surface area (Å²) in [4.78, 5) is 12.2. The smallest absolute Gasteiger partial charge is 0.237 e. The Morgan fingerprint density at radius 3 is 2.44 bits per heavy atom. The summed E-state index contributed by atoms with van der Waals surface area (Å²) in [5.74, 6) is 0.852.